The minimum absolute atomic E-state index is 0.863. The predicted octanol–water partition coefficient (Wildman–Crippen LogP) is 3.45. The summed E-state index contributed by atoms with van der Waals surface area (Å²) in [5, 5.41) is 3.65. The van der Waals surface area contributed by atoms with Crippen LogP contribution in [0.2, 0.25) is 0 Å². The summed E-state index contributed by atoms with van der Waals surface area (Å²) >= 11 is 0. The smallest absolute Gasteiger partial charge is 0.00670 e. The molecule has 1 aliphatic rings. The Balaban J connectivity index is 1.87. The third-order valence-electron chi connectivity index (χ3n) is 4.22. The highest BCUT2D eigenvalue weighted by Crippen LogP contribution is 2.20. The van der Waals surface area contributed by atoms with E-state index < -0.39 is 0 Å². The van der Waals surface area contributed by atoms with E-state index >= 15 is 0 Å². The highest BCUT2D eigenvalue weighted by atomic mass is 14.9. The van der Waals surface area contributed by atoms with E-state index in [1.807, 2.05) is 0 Å². The third-order valence-corrected chi connectivity index (χ3v) is 4.22. The van der Waals surface area contributed by atoms with Crippen LogP contribution in [0.5, 0.6) is 0 Å². The van der Waals surface area contributed by atoms with Crippen molar-refractivity contribution >= 4 is 0 Å². The van der Waals surface area contributed by atoms with E-state index in [1.54, 1.807) is 0 Å². The summed E-state index contributed by atoms with van der Waals surface area (Å²) in [5.74, 6) is 0.949. The first-order valence-electron chi connectivity index (χ1n) is 7.80. The van der Waals surface area contributed by atoms with E-state index in [0.717, 1.165) is 18.5 Å². The lowest BCUT2D eigenvalue weighted by molar-refractivity contribution is 0.332. The van der Waals surface area contributed by atoms with Crippen LogP contribution < -0.4 is 11.1 Å². The quantitative estimate of drug-likeness (QED) is 0.543. The van der Waals surface area contributed by atoms with Gasteiger partial charge in [-0.2, -0.15) is 0 Å². The van der Waals surface area contributed by atoms with Gasteiger partial charge >= 0.3 is 0 Å². The third kappa shape index (κ3) is 7.05. The van der Waals surface area contributed by atoms with E-state index in [1.165, 1.54) is 70.8 Å². The summed E-state index contributed by atoms with van der Waals surface area (Å²) in [5.41, 5.74) is 5.53. The van der Waals surface area contributed by atoms with Crippen LogP contribution >= 0.6 is 0 Å². The van der Waals surface area contributed by atoms with Gasteiger partial charge in [-0.1, -0.05) is 45.4 Å². The molecule has 3 N–H and O–H groups in total. The van der Waals surface area contributed by atoms with Gasteiger partial charge in [0.15, 0.2) is 0 Å². The Bertz CT molecular complexity index is 166. The molecule has 0 aromatic heterocycles. The molecule has 1 atom stereocenters. The van der Waals surface area contributed by atoms with Crippen LogP contribution in [0.1, 0.15) is 71.1 Å². The van der Waals surface area contributed by atoms with E-state index in [-0.39, 0.29) is 0 Å². The molecule has 1 saturated carbocycles. The van der Waals surface area contributed by atoms with E-state index in [4.69, 9.17) is 5.73 Å². The van der Waals surface area contributed by atoms with Crippen LogP contribution in [0.4, 0.5) is 0 Å². The average molecular weight is 240 g/mol. The average Bonchev–Trinajstić information content (AvgIpc) is 2.29. The summed E-state index contributed by atoms with van der Waals surface area (Å²) in [4.78, 5) is 0. The number of rotatable bonds is 11. The molecular weight excluding hydrogens is 208 g/mol. The Labute approximate surface area is 108 Å². The molecule has 1 rings (SSSR count). The number of hydrogen-bond donors (Lipinski definition) is 2. The van der Waals surface area contributed by atoms with Crippen molar-refractivity contribution in [3.8, 4) is 0 Å². The van der Waals surface area contributed by atoms with Gasteiger partial charge in [0.25, 0.3) is 0 Å². The van der Waals surface area contributed by atoms with Crippen molar-refractivity contribution in [2.75, 3.05) is 13.1 Å². The first kappa shape index (κ1) is 15.0. The molecule has 0 heterocycles. The normalized spacial score (nSPS) is 18.0. The molecule has 0 aromatic carbocycles. The summed E-state index contributed by atoms with van der Waals surface area (Å²) in [6.07, 6.45) is 13.7. The molecule has 2 nitrogen and oxygen atoms in total. The van der Waals surface area contributed by atoms with Gasteiger partial charge in [-0.3, -0.25) is 0 Å². The van der Waals surface area contributed by atoms with Gasteiger partial charge < -0.3 is 11.1 Å². The first-order valence-corrected chi connectivity index (χ1v) is 7.80. The molecule has 2 heteroatoms. The fourth-order valence-corrected chi connectivity index (χ4v) is 2.61. The summed E-state index contributed by atoms with van der Waals surface area (Å²) in [6.45, 7) is 4.44. The van der Waals surface area contributed by atoms with Crippen molar-refractivity contribution in [1.82, 2.24) is 5.32 Å². The highest BCUT2D eigenvalue weighted by molar-refractivity contribution is 4.75. The Morgan fingerprint density at radius 1 is 1.12 bits per heavy atom. The van der Waals surface area contributed by atoms with Crippen LogP contribution in [0, 0.1) is 5.92 Å². The zero-order valence-electron chi connectivity index (χ0n) is 11.7. The van der Waals surface area contributed by atoms with Crippen LogP contribution in [0.3, 0.4) is 0 Å². The standard InChI is InChI=1S/C15H32N2/c1-2-14(8-3-5-12-16)9-4-6-13-17-15-10-7-11-15/h14-15,17H,2-13,16H2,1H3. The summed E-state index contributed by atoms with van der Waals surface area (Å²) < 4.78 is 0. The van der Waals surface area contributed by atoms with Crippen LogP contribution in [-0.2, 0) is 0 Å². The van der Waals surface area contributed by atoms with Gasteiger partial charge in [-0.25, -0.2) is 0 Å². The highest BCUT2D eigenvalue weighted by Gasteiger charge is 2.15. The van der Waals surface area contributed by atoms with Gasteiger partial charge in [0, 0.05) is 6.04 Å². The van der Waals surface area contributed by atoms with Crippen molar-refractivity contribution in [3.05, 3.63) is 0 Å². The van der Waals surface area contributed by atoms with Gasteiger partial charge in [-0.15, -0.1) is 0 Å². The first-order chi connectivity index (χ1) is 8.36. The van der Waals surface area contributed by atoms with Gasteiger partial charge in [-0.05, 0) is 44.7 Å². The lowest BCUT2D eigenvalue weighted by Crippen LogP contribution is -2.35. The Hall–Kier alpha value is -0.0800. The number of hydrogen-bond acceptors (Lipinski definition) is 2. The molecule has 0 saturated heterocycles. The van der Waals surface area contributed by atoms with Crippen molar-refractivity contribution in [3.63, 3.8) is 0 Å². The molecular formula is C15H32N2. The number of nitrogens with two attached hydrogens (primary N) is 1. The fraction of sp³-hybridized carbons (Fsp3) is 1.00. The van der Waals surface area contributed by atoms with Crippen LogP contribution in [-0.4, -0.2) is 19.1 Å². The zero-order chi connectivity index (χ0) is 12.3. The molecule has 0 radical (unpaired) electrons. The largest absolute Gasteiger partial charge is 0.330 e. The van der Waals surface area contributed by atoms with E-state index in [2.05, 4.69) is 12.2 Å². The maximum Gasteiger partial charge on any atom is 0.00670 e. The SMILES string of the molecule is CCC(CCCCN)CCCCNC1CCC1. The maximum absolute atomic E-state index is 5.53. The number of nitrogens with one attached hydrogen (secondary N) is 1. The molecule has 102 valence electrons. The van der Waals surface area contributed by atoms with Crippen molar-refractivity contribution in [2.45, 2.75) is 77.2 Å². The van der Waals surface area contributed by atoms with E-state index in [0.29, 0.717) is 0 Å². The Morgan fingerprint density at radius 2 is 1.82 bits per heavy atom. The van der Waals surface area contributed by atoms with Gasteiger partial charge in [0.2, 0.25) is 0 Å². The second-order valence-corrected chi connectivity index (χ2v) is 5.64. The minimum Gasteiger partial charge on any atom is -0.330 e. The fourth-order valence-electron chi connectivity index (χ4n) is 2.61. The lowest BCUT2D eigenvalue weighted by atomic mass is 9.92. The molecule has 0 bridgehead atoms. The molecule has 0 amide bonds. The van der Waals surface area contributed by atoms with Crippen molar-refractivity contribution in [1.29, 1.82) is 0 Å². The topological polar surface area (TPSA) is 38.0 Å². The molecule has 0 spiro atoms. The van der Waals surface area contributed by atoms with Crippen LogP contribution in [0.25, 0.3) is 0 Å². The summed E-state index contributed by atoms with van der Waals surface area (Å²) in [7, 11) is 0. The monoisotopic (exact) mass is 240 g/mol. The zero-order valence-corrected chi connectivity index (χ0v) is 11.7. The Morgan fingerprint density at radius 3 is 2.35 bits per heavy atom. The van der Waals surface area contributed by atoms with Gasteiger partial charge in [0.1, 0.15) is 0 Å². The van der Waals surface area contributed by atoms with Crippen molar-refractivity contribution in [2.24, 2.45) is 11.7 Å². The molecule has 1 unspecified atom stereocenters. The van der Waals surface area contributed by atoms with E-state index in [9.17, 15) is 0 Å². The molecule has 1 aliphatic carbocycles. The lowest BCUT2D eigenvalue weighted by Gasteiger charge is -2.26. The van der Waals surface area contributed by atoms with Crippen molar-refractivity contribution < 1.29 is 0 Å². The Kier molecular flexibility index (Phi) is 8.72. The predicted molar refractivity (Wildman–Crippen MR) is 76.2 cm³/mol. The minimum atomic E-state index is 0.863. The van der Waals surface area contributed by atoms with Crippen LogP contribution in [0.15, 0.2) is 0 Å². The molecule has 0 aliphatic heterocycles. The second kappa shape index (κ2) is 9.90. The summed E-state index contributed by atoms with van der Waals surface area (Å²) in [6, 6.07) is 0.863. The molecule has 0 aromatic rings. The maximum atomic E-state index is 5.53. The second-order valence-electron chi connectivity index (χ2n) is 5.64. The molecule has 17 heavy (non-hydrogen) atoms. The molecule has 1 fully saturated rings. The number of unbranched alkanes of at least 4 members (excludes halogenated alkanes) is 2. The van der Waals surface area contributed by atoms with Gasteiger partial charge in [0.05, 0.1) is 0 Å².